The molecule has 0 aliphatic rings. The number of nitrogen functional groups attached to an aromatic ring is 1. The van der Waals surface area contributed by atoms with Crippen molar-refractivity contribution in [1.29, 1.82) is 0 Å². The zero-order valence-corrected chi connectivity index (χ0v) is 12.5. The summed E-state index contributed by atoms with van der Waals surface area (Å²) in [6.07, 6.45) is 0.559. The monoisotopic (exact) mass is 308 g/mol. The number of hydrogen-bond acceptors (Lipinski definition) is 3. The summed E-state index contributed by atoms with van der Waals surface area (Å²) < 4.78 is 40.2. The molecule has 0 saturated carbocycles. The molecule has 112 valence electrons. The molecule has 4 nitrogen and oxygen atoms in total. The smallest absolute Gasteiger partial charge is 0.240 e. The Kier molecular flexibility index (Phi) is 4.59. The average molecular weight is 308 g/mol. The van der Waals surface area contributed by atoms with E-state index >= 15 is 0 Å². The van der Waals surface area contributed by atoms with Gasteiger partial charge in [0.25, 0.3) is 0 Å². The minimum Gasteiger partial charge on any atom is -0.398 e. The van der Waals surface area contributed by atoms with Gasteiger partial charge in [-0.1, -0.05) is 30.3 Å². The first-order valence-electron chi connectivity index (χ1n) is 6.49. The zero-order chi connectivity index (χ0) is 15.5. The quantitative estimate of drug-likeness (QED) is 0.832. The van der Waals surface area contributed by atoms with Gasteiger partial charge in [0, 0.05) is 17.8 Å². The molecule has 0 atom stereocenters. The van der Waals surface area contributed by atoms with Gasteiger partial charge in [-0.2, -0.15) is 0 Å². The second-order valence-corrected chi connectivity index (χ2v) is 6.52. The highest BCUT2D eigenvalue weighted by Crippen LogP contribution is 2.20. The molecule has 0 radical (unpaired) electrons. The molecule has 0 aromatic heterocycles. The summed E-state index contributed by atoms with van der Waals surface area (Å²) in [4.78, 5) is -0.156. The van der Waals surface area contributed by atoms with Gasteiger partial charge in [0.05, 0.1) is 4.90 Å². The molecule has 21 heavy (non-hydrogen) atoms. The molecule has 0 heterocycles. The van der Waals surface area contributed by atoms with E-state index in [1.54, 1.807) is 0 Å². The van der Waals surface area contributed by atoms with Crippen molar-refractivity contribution in [3.8, 4) is 0 Å². The van der Waals surface area contributed by atoms with E-state index < -0.39 is 15.8 Å². The van der Waals surface area contributed by atoms with Gasteiger partial charge in [-0.25, -0.2) is 17.5 Å². The standard InChI is InChI=1S/C15H17FN2O2S/c1-11-14(16)9-13(10-15(11)17)21(19,20)18-8-7-12-5-3-2-4-6-12/h2-6,9-10,18H,7-8,17H2,1H3. The van der Waals surface area contributed by atoms with Gasteiger partial charge < -0.3 is 5.73 Å². The Bertz CT molecular complexity index is 708. The van der Waals surface area contributed by atoms with Crippen LogP contribution in [0.3, 0.4) is 0 Å². The summed E-state index contributed by atoms with van der Waals surface area (Å²) in [7, 11) is -3.76. The molecule has 3 N–H and O–H groups in total. The number of nitrogens with two attached hydrogens (primary N) is 1. The SMILES string of the molecule is Cc1c(N)cc(S(=O)(=O)NCCc2ccccc2)cc1F. The Morgan fingerprint density at radius 2 is 1.86 bits per heavy atom. The Labute approximate surface area is 123 Å². The highest BCUT2D eigenvalue weighted by Gasteiger charge is 2.16. The summed E-state index contributed by atoms with van der Waals surface area (Å²) in [5.41, 5.74) is 7.00. The highest BCUT2D eigenvalue weighted by atomic mass is 32.2. The fourth-order valence-corrected chi connectivity index (χ4v) is 2.97. The predicted molar refractivity (Wildman–Crippen MR) is 80.9 cm³/mol. The Hall–Kier alpha value is -1.92. The summed E-state index contributed by atoms with van der Waals surface area (Å²) in [5, 5.41) is 0. The van der Waals surface area contributed by atoms with E-state index in [-0.39, 0.29) is 22.7 Å². The van der Waals surface area contributed by atoms with E-state index in [9.17, 15) is 12.8 Å². The predicted octanol–water partition coefficient (Wildman–Crippen LogP) is 2.24. The second-order valence-electron chi connectivity index (χ2n) is 4.75. The largest absolute Gasteiger partial charge is 0.398 e. The van der Waals surface area contributed by atoms with Crippen LogP contribution in [0.2, 0.25) is 0 Å². The number of nitrogens with one attached hydrogen (secondary N) is 1. The lowest BCUT2D eigenvalue weighted by Crippen LogP contribution is -2.26. The summed E-state index contributed by atoms with van der Waals surface area (Å²) in [6, 6.07) is 11.8. The lowest BCUT2D eigenvalue weighted by Gasteiger charge is -2.09. The lowest BCUT2D eigenvalue weighted by molar-refractivity contribution is 0.577. The molecule has 0 aliphatic carbocycles. The van der Waals surface area contributed by atoms with Crippen molar-refractivity contribution < 1.29 is 12.8 Å². The van der Waals surface area contributed by atoms with Crippen molar-refractivity contribution in [2.75, 3.05) is 12.3 Å². The number of halogens is 1. The molecule has 2 rings (SSSR count). The van der Waals surface area contributed by atoms with Crippen molar-refractivity contribution in [2.45, 2.75) is 18.2 Å². The molecule has 0 bridgehead atoms. The molecule has 2 aromatic carbocycles. The molecule has 2 aromatic rings. The van der Waals surface area contributed by atoms with Crippen molar-refractivity contribution in [3.05, 3.63) is 59.4 Å². The number of anilines is 1. The fourth-order valence-electron chi connectivity index (χ4n) is 1.89. The third-order valence-corrected chi connectivity index (χ3v) is 4.66. The first kappa shape index (κ1) is 15.5. The van der Waals surface area contributed by atoms with Crippen LogP contribution in [0.25, 0.3) is 0 Å². The number of benzene rings is 2. The van der Waals surface area contributed by atoms with Crippen LogP contribution < -0.4 is 10.5 Å². The zero-order valence-electron chi connectivity index (χ0n) is 11.6. The van der Waals surface area contributed by atoms with Crippen LogP contribution >= 0.6 is 0 Å². The normalized spacial score (nSPS) is 11.5. The number of sulfonamides is 1. The van der Waals surface area contributed by atoms with E-state index in [0.29, 0.717) is 6.42 Å². The Morgan fingerprint density at radius 1 is 1.19 bits per heavy atom. The van der Waals surface area contributed by atoms with E-state index in [1.807, 2.05) is 30.3 Å². The van der Waals surface area contributed by atoms with Crippen molar-refractivity contribution in [3.63, 3.8) is 0 Å². The van der Waals surface area contributed by atoms with E-state index in [4.69, 9.17) is 5.73 Å². The minimum absolute atomic E-state index is 0.124. The topological polar surface area (TPSA) is 72.2 Å². The first-order chi connectivity index (χ1) is 9.90. The van der Waals surface area contributed by atoms with Crippen molar-refractivity contribution in [1.82, 2.24) is 4.72 Å². The lowest BCUT2D eigenvalue weighted by atomic mass is 10.2. The number of hydrogen-bond donors (Lipinski definition) is 2. The Balaban J connectivity index is 2.09. The molecule has 0 fully saturated rings. The second kappa shape index (κ2) is 6.24. The van der Waals surface area contributed by atoms with Gasteiger partial charge in [-0.05, 0) is 31.0 Å². The maximum absolute atomic E-state index is 13.6. The molecule has 0 aliphatic heterocycles. The highest BCUT2D eigenvalue weighted by molar-refractivity contribution is 7.89. The molecular weight excluding hydrogens is 291 g/mol. The van der Waals surface area contributed by atoms with Gasteiger partial charge in [0.15, 0.2) is 0 Å². The molecule has 6 heteroatoms. The molecule has 0 spiro atoms. The van der Waals surface area contributed by atoms with Crippen molar-refractivity contribution in [2.24, 2.45) is 0 Å². The van der Waals surface area contributed by atoms with E-state index in [0.717, 1.165) is 11.6 Å². The fraction of sp³-hybridized carbons (Fsp3) is 0.200. The van der Waals surface area contributed by atoms with E-state index in [2.05, 4.69) is 4.72 Å². The van der Waals surface area contributed by atoms with E-state index in [1.165, 1.54) is 13.0 Å². The third kappa shape index (κ3) is 3.80. The summed E-state index contributed by atoms with van der Waals surface area (Å²) in [5.74, 6) is -0.626. The molecular formula is C15H17FN2O2S. The van der Waals surface area contributed by atoms with Crippen LogP contribution in [-0.4, -0.2) is 15.0 Å². The van der Waals surface area contributed by atoms with Crippen LogP contribution in [0.1, 0.15) is 11.1 Å². The maximum Gasteiger partial charge on any atom is 0.240 e. The average Bonchev–Trinajstić information content (AvgIpc) is 2.45. The molecule has 0 amide bonds. The van der Waals surface area contributed by atoms with Crippen LogP contribution in [0.4, 0.5) is 10.1 Å². The van der Waals surface area contributed by atoms with Crippen molar-refractivity contribution >= 4 is 15.7 Å². The van der Waals surface area contributed by atoms with Gasteiger partial charge in [0.2, 0.25) is 10.0 Å². The minimum atomic E-state index is -3.76. The van der Waals surface area contributed by atoms with Crippen LogP contribution in [0, 0.1) is 12.7 Å². The molecule has 0 saturated heterocycles. The first-order valence-corrected chi connectivity index (χ1v) is 7.97. The third-order valence-electron chi connectivity index (χ3n) is 3.22. The van der Waals surface area contributed by atoms with Crippen LogP contribution in [0.5, 0.6) is 0 Å². The van der Waals surface area contributed by atoms with Gasteiger partial charge in [0.1, 0.15) is 5.82 Å². The van der Waals surface area contributed by atoms with Gasteiger partial charge in [-0.15, -0.1) is 0 Å². The van der Waals surface area contributed by atoms with Gasteiger partial charge in [-0.3, -0.25) is 0 Å². The number of rotatable bonds is 5. The Morgan fingerprint density at radius 3 is 2.48 bits per heavy atom. The van der Waals surface area contributed by atoms with Crippen LogP contribution in [-0.2, 0) is 16.4 Å². The molecule has 0 unspecified atom stereocenters. The maximum atomic E-state index is 13.6. The van der Waals surface area contributed by atoms with Crippen LogP contribution in [0.15, 0.2) is 47.4 Å². The summed E-state index contributed by atoms with van der Waals surface area (Å²) >= 11 is 0. The summed E-state index contributed by atoms with van der Waals surface area (Å²) in [6.45, 7) is 1.74. The van der Waals surface area contributed by atoms with Gasteiger partial charge >= 0.3 is 0 Å².